The van der Waals surface area contributed by atoms with Crippen LogP contribution in [0.15, 0.2) is 42.6 Å². The third-order valence-corrected chi connectivity index (χ3v) is 3.29. The standard InChI is InChI=1S/C15H16F3N3/c1-2-10-6-4-8-20-13(10)14(21-19)11-5-3-7-12(9-11)15(16,17)18/h3-9,14,21H,2,19H2,1H3. The number of benzene rings is 1. The predicted molar refractivity (Wildman–Crippen MR) is 74.2 cm³/mol. The van der Waals surface area contributed by atoms with Gasteiger partial charge in [0.05, 0.1) is 17.3 Å². The molecule has 21 heavy (non-hydrogen) atoms. The van der Waals surface area contributed by atoms with E-state index in [1.54, 1.807) is 18.3 Å². The van der Waals surface area contributed by atoms with E-state index in [-0.39, 0.29) is 0 Å². The number of rotatable bonds is 4. The van der Waals surface area contributed by atoms with Gasteiger partial charge in [-0.25, -0.2) is 5.43 Å². The van der Waals surface area contributed by atoms with Crippen LogP contribution in [0.1, 0.15) is 35.3 Å². The first-order valence-electron chi connectivity index (χ1n) is 6.54. The molecule has 2 aromatic rings. The van der Waals surface area contributed by atoms with Gasteiger partial charge < -0.3 is 0 Å². The van der Waals surface area contributed by atoms with Crippen LogP contribution in [-0.4, -0.2) is 4.98 Å². The molecule has 1 aromatic heterocycles. The molecule has 0 saturated heterocycles. The molecule has 1 heterocycles. The zero-order valence-electron chi connectivity index (χ0n) is 11.5. The molecule has 112 valence electrons. The molecule has 0 radical (unpaired) electrons. The first kappa shape index (κ1) is 15.5. The molecule has 0 spiro atoms. The van der Waals surface area contributed by atoms with E-state index in [0.29, 0.717) is 11.3 Å². The Bertz CT molecular complexity index is 611. The molecule has 3 nitrogen and oxygen atoms in total. The third kappa shape index (κ3) is 3.40. The summed E-state index contributed by atoms with van der Waals surface area (Å²) in [7, 11) is 0. The minimum absolute atomic E-state index is 0.431. The number of hydrazine groups is 1. The summed E-state index contributed by atoms with van der Waals surface area (Å²) >= 11 is 0. The summed E-state index contributed by atoms with van der Waals surface area (Å²) in [5.74, 6) is 5.55. The maximum absolute atomic E-state index is 12.8. The number of nitrogens with one attached hydrogen (secondary N) is 1. The zero-order valence-corrected chi connectivity index (χ0v) is 11.5. The van der Waals surface area contributed by atoms with Crippen molar-refractivity contribution in [3.63, 3.8) is 0 Å². The van der Waals surface area contributed by atoms with Gasteiger partial charge in [-0.3, -0.25) is 10.8 Å². The number of halogens is 3. The van der Waals surface area contributed by atoms with E-state index >= 15 is 0 Å². The first-order chi connectivity index (χ1) is 9.97. The summed E-state index contributed by atoms with van der Waals surface area (Å²) in [5.41, 5.74) is 3.87. The number of nitrogens with two attached hydrogens (primary N) is 1. The average Bonchev–Trinajstić information content (AvgIpc) is 2.48. The lowest BCUT2D eigenvalue weighted by molar-refractivity contribution is -0.137. The molecule has 1 atom stereocenters. The van der Waals surface area contributed by atoms with Gasteiger partial charge in [-0.2, -0.15) is 13.2 Å². The van der Waals surface area contributed by atoms with Gasteiger partial charge in [-0.15, -0.1) is 0 Å². The van der Waals surface area contributed by atoms with E-state index in [2.05, 4.69) is 10.4 Å². The van der Waals surface area contributed by atoms with Crippen molar-refractivity contribution in [3.05, 3.63) is 65.0 Å². The molecule has 0 aliphatic carbocycles. The summed E-state index contributed by atoms with van der Waals surface area (Å²) in [6, 6.07) is 8.21. The monoisotopic (exact) mass is 295 g/mol. The molecule has 0 bridgehead atoms. The van der Waals surface area contributed by atoms with Crippen molar-refractivity contribution in [1.82, 2.24) is 10.4 Å². The van der Waals surface area contributed by atoms with Crippen molar-refractivity contribution in [2.75, 3.05) is 0 Å². The molecule has 0 aliphatic rings. The van der Waals surface area contributed by atoms with Crippen LogP contribution in [0.2, 0.25) is 0 Å². The lowest BCUT2D eigenvalue weighted by atomic mass is 9.97. The Morgan fingerprint density at radius 1 is 1.24 bits per heavy atom. The van der Waals surface area contributed by atoms with Gasteiger partial charge in [0.25, 0.3) is 0 Å². The number of alkyl halides is 3. The van der Waals surface area contributed by atoms with E-state index in [4.69, 9.17) is 5.84 Å². The average molecular weight is 295 g/mol. The van der Waals surface area contributed by atoms with Crippen molar-refractivity contribution in [2.24, 2.45) is 5.84 Å². The highest BCUT2D eigenvalue weighted by Crippen LogP contribution is 2.32. The van der Waals surface area contributed by atoms with Gasteiger partial charge in [0, 0.05) is 6.20 Å². The van der Waals surface area contributed by atoms with Gasteiger partial charge in [-0.1, -0.05) is 25.1 Å². The fourth-order valence-electron chi connectivity index (χ4n) is 2.24. The maximum Gasteiger partial charge on any atom is 0.416 e. The third-order valence-electron chi connectivity index (χ3n) is 3.29. The van der Waals surface area contributed by atoms with Crippen molar-refractivity contribution in [1.29, 1.82) is 0 Å². The second-order valence-electron chi connectivity index (χ2n) is 4.62. The number of hydrogen-bond acceptors (Lipinski definition) is 3. The minimum Gasteiger partial charge on any atom is -0.271 e. The Kier molecular flexibility index (Phi) is 4.59. The fourth-order valence-corrected chi connectivity index (χ4v) is 2.24. The van der Waals surface area contributed by atoms with Crippen LogP contribution in [-0.2, 0) is 12.6 Å². The summed E-state index contributed by atoms with van der Waals surface area (Å²) in [4.78, 5) is 4.27. The Balaban J connectivity index is 2.47. The Morgan fingerprint density at radius 3 is 2.62 bits per heavy atom. The Labute approximate surface area is 121 Å². The van der Waals surface area contributed by atoms with Crippen molar-refractivity contribution in [3.8, 4) is 0 Å². The smallest absolute Gasteiger partial charge is 0.271 e. The second kappa shape index (κ2) is 6.24. The van der Waals surface area contributed by atoms with Gasteiger partial charge in [0.2, 0.25) is 0 Å². The Morgan fingerprint density at radius 2 is 2.00 bits per heavy atom. The van der Waals surface area contributed by atoms with Crippen LogP contribution in [0.3, 0.4) is 0 Å². The molecule has 0 fully saturated rings. The van der Waals surface area contributed by atoms with Crippen molar-refractivity contribution in [2.45, 2.75) is 25.6 Å². The normalized spacial score (nSPS) is 13.2. The van der Waals surface area contributed by atoms with Crippen LogP contribution in [0.5, 0.6) is 0 Å². The summed E-state index contributed by atoms with van der Waals surface area (Å²) in [6.45, 7) is 1.96. The highest BCUT2D eigenvalue weighted by Gasteiger charge is 2.31. The van der Waals surface area contributed by atoms with Gasteiger partial charge in [0.15, 0.2) is 0 Å². The van der Waals surface area contributed by atoms with Gasteiger partial charge in [-0.05, 0) is 35.7 Å². The van der Waals surface area contributed by atoms with Crippen LogP contribution in [0.25, 0.3) is 0 Å². The van der Waals surface area contributed by atoms with Crippen molar-refractivity contribution >= 4 is 0 Å². The van der Waals surface area contributed by atoms with Crippen molar-refractivity contribution < 1.29 is 13.2 Å². The van der Waals surface area contributed by atoms with Gasteiger partial charge >= 0.3 is 6.18 Å². The fraction of sp³-hybridized carbons (Fsp3) is 0.267. The lowest BCUT2D eigenvalue weighted by Crippen LogP contribution is -2.30. The molecule has 1 aromatic carbocycles. The SMILES string of the molecule is CCc1cccnc1C(NN)c1cccc(C(F)(F)F)c1. The number of aryl methyl sites for hydroxylation is 1. The zero-order chi connectivity index (χ0) is 15.5. The van der Waals surface area contributed by atoms with E-state index in [0.717, 1.165) is 24.1 Å². The number of aromatic nitrogens is 1. The minimum atomic E-state index is -4.38. The summed E-state index contributed by atoms with van der Waals surface area (Å²) in [6.07, 6.45) is -2.06. The highest BCUT2D eigenvalue weighted by atomic mass is 19.4. The van der Waals surface area contributed by atoms with E-state index in [9.17, 15) is 13.2 Å². The molecule has 0 aliphatic heterocycles. The predicted octanol–water partition coefficient (Wildman–Crippen LogP) is 3.22. The molecule has 6 heteroatoms. The molecule has 1 unspecified atom stereocenters. The van der Waals surface area contributed by atoms with E-state index < -0.39 is 17.8 Å². The molecular weight excluding hydrogens is 279 g/mol. The molecule has 2 rings (SSSR count). The quantitative estimate of drug-likeness (QED) is 0.672. The number of hydrogen-bond donors (Lipinski definition) is 2. The van der Waals surface area contributed by atoms with Crippen LogP contribution >= 0.6 is 0 Å². The largest absolute Gasteiger partial charge is 0.416 e. The van der Waals surface area contributed by atoms with E-state index in [1.807, 2.05) is 13.0 Å². The lowest BCUT2D eigenvalue weighted by Gasteiger charge is -2.19. The molecular formula is C15H16F3N3. The maximum atomic E-state index is 12.8. The number of pyridine rings is 1. The second-order valence-corrected chi connectivity index (χ2v) is 4.62. The molecule has 0 saturated carbocycles. The van der Waals surface area contributed by atoms with Gasteiger partial charge in [0.1, 0.15) is 0 Å². The highest BCUT2D eigenvalue weighted by molar-refractivity contribution is 5.35. The topological polar surface area (TPSA) is 50.9 Å². The molecule has 3 N–H and O–H groups in total. The number of nitrogens with zero attached hydrogens (tertiary/aromatic N) is 1. The van der Waals surface area contributed by atoms with Crippen LogP contribution in [0.4, 0.5) is 13.2 Å². The summed E-state index contributed by atoms with van der Waals surface area (Å²) in [5, 5.41) is 0. The molecule has 0 amide bonds. The summed E-state index contributed by atoms with van der Waals surface area (Å²) < 4.78 is 38.4. The van der Waals surface area contributed by atoms with E-state index in [1.165, 1.54) is 6.07 Å². The Hall–Kier alpha value is -1.92. The van der Waals surface area contributed by atoms with Crippen LogP contribution < -0.4 is 11.3 Å². The first-order valence-corrected chi connectivity index (χ1v) is 6.54. The van der Waals surface area contributed by atoms with Crippen LogP contribution in [0, 0.1) is 0 Å².